The Morgan fingerprint density at radius 3 is 1.33 bits per heavy atom. The molecule has 0 amide bonds. The zero-order chi connectivity index (χ0) is 11.6. The van der Waals surface area contributed by atoms with Crippen LogP contribution in [0.15, 0.2) is 35.7 Å². The van der Waals surface area contributed by atoms with Crippen molar-refractivity contribution in [2.24, 2.45) is 0 Å². The summed E-state index contributed by atoms with van der Waals surface area (Å²) in [6, 6.07) is 0. The molecule has 86 valence electrons. The summed E-state index contributed by atoms with van der Waals surface area (Å²) in [5, 5.41) is 0. The van der Waals surface area contributed by atoms with E-state index in [4.69, 9.17) is 0 Å². The van der Waals surface area contributed by atoms with Crippen molar-refractivity contribution in [2.45, 2.75) is 40.0 Å². The first-order valence-electron chi connectivity index (χ1n) is 5.70. The Morgan fingerprint density at radius 2 is 1.13 bits per heavy atom. The van der Waals surface area contributed by atoms with Crippen molar-refractivity contribution in [3.8, 4) is 0 Å². The minimum atomic E-state index is -1.08. The van der Waals surface area contributed by atoms with Crippen LogP contribution in [0.4, 0.5) is 0 Å². The third-order valence-corrected chi connectivity index (χ3v) is 8.32. The predicted octanol–water partition coefficient (Wildman–Crippen LogP) is 6.17. The lowest BCUT2D eigenvalue weighted by Gasteiger charge is -2.11. The summed E-state index contributed by atoms with van der Waals surface area (Å²) < 4.78 is 1.22. The van der Waals surface area contributed by atoms with Crippen LogP contribution in [0.1, 0.15) is 40.0 Å². The molecule has 0 aliphatic heterocycles. The molecule has 0 saturated heterocycles. The molecule has 0 aliphatic rings. The molecule has 0 nitrogen and oxygen atoms in total. The number of allylic oxidation sites excluding steroid dienone is 3. The Kier molecular flexibility index (Phi) is 9.84. The molecule has 0 fully saturated rings. The normalized spacial score (nSPS) is 16.8. The number of hydrogen-bond donors (Lipinski definition) is 0. The maximum Gasteiger partial charge on any atom is 0.122 e. The first-order valence-corrected chi connectivity index (χ1v) is 9.41. The van der Waals surface area contributed by atoms with E-state index in [1.165, 1.54) is 4.17 Å². The summed E-state index contributed by atoms with van der Waals surface area (Å²) in [5.41, 5.74) is 0. The van der Waals surface area contributed by atoms with E-state index < -0.39 is 7.26 Å². The lowest BCUT2D eigenvalue weighted by molar-refractivity contribution is 1.22. The molecule has 0 aromatic carbocycles. The van der Waals surface area contributed by atoms with Crippen LogP contribution in [-0.4, -0.2) is 4.17 Å². The van der Waals surface area contributed by atoms with Gasteiger partial charge in [0, 0.05) is 0 Å². The van der Waals surface area contributed by atoms with Crippen molar-refractivity contribution in [3.05, 3.63) is 35.7 Å². The minimum absolute atomic E-state index is 1.08. The largest absolute Gasteiger partial charge is 0.122 e. The second kappa shape index (κ2) is 9.59. The molecule has 2 heteroatoms. The highest BCUT2D eigenvalue weighted by Crippen LogP contribution is 2.65. The van der Waals surface area contributed by atoms with E-state index >= 15 is 0 Å². The number of hydrogen-bond acceptors (Lipinski definition) is 0. The zero-order valence-corrected chi connectivity index (χ0v) is 13.2. The number of alkyl halides is 1. The van der Waals surface area contributed by atoms with E-state index in [-0.39, 0.29) is 0 Å². The first kappa shape index (κ1) is 15.4. The summed E-state index contributed by atoms with van der Waals surface area (Å²) in [6.07, 6.45) is 10.3. The first-order chi connectivity index (χ1) is 7.24. The van der Waals surface area contributed by atoms with Crippen molar-refractivity contribution in [1.82, 2.24) is 0 Å². The number of rotatable bonds is 7. The molecular weight excluding hydrogens is 314 g/mol. The molecule has 0 aromatic heterocycles. The van der Waals surface area contributed by atoms with Crippen LogP contribution in [0.25, 0.3) is 0 Å². The third kappa shape index (κ3) is 6.52. The van der Waals surface area contributed by atoms with E-state index in [0.717, 1.165) is 19.3 Å². The smallest absolute Gasteiger partial charge is 0.0617 e. The van der Waals surface area contributed by atoms with Crippen LogP contribution in [0.3, 0.4) is 0 Å². The Bertz CT molecular complexity index is 193. The summed E-state index contributed by atoms with van der Waals surface area (Å²) in [5.74, 6) is 7.33. The average molecular weight is 337 g/mol. The molecule has 0 atom stereocenters. The fourth-order valence-corrected chi connectivity index (χ4v) is 5.57. The highest BCUT2D eigenvalue weighted by molar-refractivity contribution is 14.1. The maximum atomic E-state index is 2.52. The summed E-state index contributed by atoms with van der Waals surface area (Å²) in [6.45, 7) is 6.60. The zero-order valence-electron chi connectivity index (χ0n) is 10.1. The van der Waals surface area contributed by atoms with Crippen molar-refractivity contribution >= 4 is 29.9 Å². The topological polar surface area (TPSA) is 0 Å². The predicted molar refractivity (Wildman–Crippen MR) is 84.1 cm³/mol. The van der Waals surface area contributed by atoms with Crippen LogP contribution in [-0.2, 0) is 0 Å². The average Bonchev–Trinajstić information content (AvgIpc) is 2.29. The van der Waals surface area contributed by atoms with Gasteiger partial charge in [0.05, 0.1) is 24.7 Å². The van der Waals surface area contributed by atoms with E-state index in [2.05, 4.69) is 79.0 Å². The lowest BCUT2D eigenvalue weighted by atomic mass is 10.5. The van der Waals surface area contributed by atoms with E-state index in [0.29, 0.717) is 0 Å². The second-order valence-corrected chi connectivity index (χ2v) is 8.66. The molecule has 0 radical (unpaired) electrons. The van der Waals surface area contributed by atoms with Gasteiger partial charge in [-0.2, -0.15) is 0 Å². The molecule has 0 N–H and O–H groups in total. The van der Waals surface area contributed by atoms with Gasteiger partial charge in [-0.05, 0) is 60.1 Å². The SMILES string of the molecule is CCC=C[P+](C=CCC)(C=CCC)CI. The Labute approximate surface area is 109 Å². The molecule has 0 saturated carbocycles. The highest BCUT2D eigenvalue weighted by Gasteiger charge is 2.26. The highest BCUT2D eigenvalue weighted by atomic mass is 127. The molecule has 0 heterocycles. The quantitative estimate of drug-likeness (QED) is 0.296. The molecule has 0 aliphatic carbocycles. The summed E-state index contributed by atoms with van der Waals surface area (Å²) in [7, 11) is -1.08. The van der Waals surface area contributed by atoms with Crippen molar-refractivity contribution in [1.29, 1.82) is 0 Å². The van der Waals surface area contributed by atoms with Crippen LogP contribution in [0.5, 0.6) is 0 Å². The Balaban J connectivity index is 4.82. The van der Waals surface area contributed by atoms with Gasteiger partial charge in [-0.1, -0.05) is 20.8 Å². The van der Waals surface area contributed by atoms with Crippen LogP contribution in [0.2, 0.25) is 0 Å². The van der Waals surface area contributed by atoms with Gasteiger partial charge >= 0.3 is 0 Å². The van der Waals surface area contributed by atoms with Gasteiger partial charge in [0.1, 0.15) is 4.17 Å². The van der Waals surface area contributed by atoms with Crippen molar-refractivity contribution in [3.63, 3.8) is 0 Å². The maximum absolute atomic E-state index is 2.52. The van der Waals surface area contributed by atoms with Gasteiger partial charge in [-0.15, -0.1) is 0 Å². The molecule has 0 aromatic rings. The molecule has 0 unspecified atom stereocenters. The second-order valence-electron chi connectivity index (χ2n) is 3.49. The fourth-order valence-electron chi connectivity index (χ4n) is 1.17. The van der Waals surface area contributed by atoms with Gasteiger partial charge in [0.2, 0.25) is 0 Å². The number of halogens is 1. The summed E-state index contributed by atoms with van der Waals surface area (Å²) >= 11 is 2.52. The van der Waals surface area contributed by atoms with E-state index in [9.17, 15) is 0 Å². The molecule has 15 heavy (non-hydrogen) atoms. The molecule has 0 spiro atoms. The fraction of sp³-hybridized carbons (Fsp3) is 0.538. The van der Waals surface area contributed by atoms with Crippen LogP contribution >= 0.6 is 29.9 Å². The monoisotopic (exact) mass is 337 g/mol. The van der Waals surface area contributed by atoms with Crippen molar-refractivity contribution < 1.29 is 0 Å². The van der Waals surface area contributed by atoms with Crippen LogP contribution in [0, 0.1) is 0 Å². The van der Waals surface area contributed by atoms with Crippen LogP contribution < -0.4 is 0 Å². The summed E-state index contributed by atoms with van der Waals surface area (Å²) in [4.78, 5) is 0. The Hall–Kier alpha value is 0.380. The molecule has 0 rings (SSSR count). The van der Waals surface area contributed by atoms with Gasteiger partial charge in [-0.3, -0.25) is 0 Å². The Morgan fingerprint density at radius 1 is 0.800 bits per heavy atom. The standard InChI is InChI=1S/C13H23IP/c1-4-7-10-15(13-14,11-8-5-2)12-9-6-3/h7-12H,4-6,13H2,1-3H3/q+1. The minimum Gasteiger partial charge on any atom is -0.0617 e. The van der Waals surface area contributed by atoms with Gasteiger partial charge in [0.25, 0.3) is 0 Å². The van der Waals surface area contributed by atoms with Gasteiger partial charge in [-0.25, -0.2) is 0 Å². The van der Waals surface area contributed by atoms with Gasteiger partial charge < -0.3 is 0 Å². The third-order valence-electron chi connectivity index (χ3n) is 2.06. The van der Waals surface area contributed by atoms with Gasteiger partial charge in [0.15, 0.2) is 0 Å². The van der Waals surface area contributed by atoms with E-state index in [1.54, 1.807) is 0 Å². The molecular formula is C13H23IP+. The van der Waals surface area contributed by atoms with E-state index in [1.807, 2.05) is 0 Å². The molecule has 0 bridgehead atoms. The van der Waals surface area contributed by atoms with Crippen molar-refractivity contribution in [2.75, 3.05) is 4.17 Å². The lowest BCUT2D eigenvalue weighted by Crippen LogP contribution is -1.82.